The van der Waals surface area contributed by atoms with Crippen LogP contribution in [-0.2, 0) is 0 Å². The molecule has 1 aromatic carbocycles. The molecule has 1 aromatic rings. The molecule has 0 bridgehead atoms. The fraction of sp³-hybridized carbons (Fsp3) is 0.647. The first-order chi connectivity index (χ1) is 9.81. The second-order valence-electron chi connectivity index (χ2n) is 6.07. The summed E-state index contributed by atoms with van der Waals surface area (Å²) in [5, 5.41) is 20.0. The van der Waals surface area contributed by atoms with Gasteiger partial charge in [-0.25, -0.2) is 0 Å². The predicted octanol–water partition coefficient (Wildman–Crippen LogP) is 3.09. The van der Waals surface area contributed by atoms with Gasteiger partial charge < -0.3 is 19.7 Å². The first kappa shape index (κ1) is 17.8. The smallest absolute Gasteiger partial charge is 0.164 e. The van der Waals surface area contributed by atoms with E-state index in [0.717, 1.165) is 11.1 Å². The van der Waals surface area contributed by atoms with E-state index >= 15 is 0 Å². The SMILES string of the molecule is COc1cc(C(O)C(CO)C(C)C)cc(C)c1OC(C)C. The molecular weight excluding hydrogens is 268 g/mol. The first-order valence-corrected chi connectivity index (χ1v) is 7.45. The summed E-state index contributed by atoms with van der Waals surface area (Å²) >= 11 is 0. The highest BCUT2D eigenvalue weighted by molar-refractivity contribution is 5.49. The molecule has 4 heteroatoms. The summed E-state index contributed by atoms with van der Waals surface area (Å²) in [5.74, 6) is 1.29. The Morgan fingerprint density at radius 3 is 2.19 bits per heavy atom. The van der Waals surface area contributed by atoms with E-state index in [2.05, 4.69) is 0 Å². The minimum atomic E-state index is -0.726. The van der Waals surface area contributed by atoms with Crippen molar-refractivity contribution in [1.29, 1.82) is 0 Å². The van der Waals surface area contributed by atoms with E-state index in [1.165, 1.54) is 0 Å². The zero-order chi connectivity index (χ0) is 16.2. The molecule has 2 N–H and O–H groups in total. The Morgan fingerprint density at radius 2 is 1.76 bits per heavy atom. The van der Waals surface area contributed by atoms with Crippen LogP contribution >= 0.6 is 0 Å². The lowest BCUT2D eigenvalue weighted by molar-refractivity contribution is 0.0405. The van der Waals surface area contributed by atoms with Crippen molar-refractivity contribution in [3.8, 4) is 11.5 Å². The van der Waals surface area contributed by atoms with Crippen LogP contribution in [-0.4, -0.2) is 30.0 Å². The standard InChI is InChI=1S/C17H28O4/c1-10(2)14(9-18)16(19)13-7-12(5)17(21-11(3)4)15(8-13)20-6/h7-8,10-11,14,16,18-19H,9H2,1-6H3. The van der Waals surface area contributed by atoms with Crippen LogP contribution in [0.2, 0.25) is 0 Å². The first-order valence-electron chi connectivity index (χ1n) is 7.45. The van der Waals surface area contributed by atoms with Crippen LogP contribution in [0.3, 0.4) is 0 Å². The monoisotopic (exact) mass is 296 g/mol. The lowest BCUT2D eigenvalue weighted by atomic mass is 9.86. The van der Waals surface area contributed by atoms with E-state index in [1.54, 1.807) is 13.2 Å². The molecule has 0 fully saturated rings. The molecule has 1 rings (SSSR count). The second-order valence-corrected chi connectivity index (χ2v) is 6.07. The Kier molecular flexibility index (Phi) is 6.49. The molecule has 0 aliphatic heterocycles. The molecule has 120 valence electrons. The van der Waals surface area contributed by atoms with Crippen LogP contribution in [0.4, 0.5) is 0 Å². The predicted molar refractivity (Wildman–Crippen MR) is 83.9 cm³/mol. The van der Waals surface area contributed by atoms with Gasteiger partial charge in [0, 0.05) is 12.5 Å². The number of aliphatic hydroxyl groups excluding tert-OH is 2. The zero-order valence-electron chi connectivity index (χ0n) is 13.9. The number of ether oxygens (including phenoxy) is 2. The van der Waals surface area contributed by atoms with Gasteiger partial charge in [0.25, 0.3) is 0 Å². The largest absolute Gasteiger partial charge is 0.493 e. The molecule has 2 unspecified atom stereocenters. The third-order valence-electron chi connectivity index (χ3n) is 3.65. The van der Waals surface area contributed by atoms with Gasteiger partial charge in [-0.3, -0.25) is 0 Å². The van der Waals surface area contributed by atoms with Crippen molar-refractivity contribution in [2.24, 2.45) is 11.8 Å². The number of methoxy groups -OCH3 is 1. The summed E-state index contributed by atoms with van der Waals surface area (Å²) in [5.41, 5.74) is 1.66. The minimum absolute atomic E-state index is 0.0502. The van der Waals surface area contributed by atoms with Crippen molar-refractivity contribution in [3.05, 3.63) is 23.3 Å². The van der Waals surface area contributed by atoms with Crippen LogP contribution < -0.4 is 9.47 Å². The van der Waals surface area contributed by atoms with Crippen molar-refractivity contribution >= 4 is 0 Å². The highest BCUT2D eigenvalue weighted by atomic mass is 16.5. The Labute approximate surface area is 127 Å². The third kappa shape index (κ3) is 4.35. The number of benzene rings is 1. The summed E-state index contributed by atoms with van der Waals surface area (Å²) < 4.78 is 11.2. The van der Waals surface area contributed by atoms with Gasteiger partial charge in [-0.2, -0.15) is 0 Å². The number of aliphatic hydroxyl groups is 2. The van der Waals surface area contributed by atoms with Gasteiger partial charge in [-0.1, -0.05) is 13.8 Å². The van der Waals surface area contributed by atoms with Gasteiger partial charge in [-0.05, 0) is 49.9 Å². The van der Waals surface area contributed by atoms with Crippen molar-refractivity contribution in [2.45, 2.75) is 46.8 Å². The van der Waals surface area contributed by atoms with E-state index in [9.17, 15) is 10.2 Å². The van der Waals surface area contributed by atoms with E-state index < -0.39 is 6.10 Å². The topological polar surface area (TPSA) is 58.9 Å². The second kappa shape index (κ2) is 7.66. The van der Waals surface area contributed by atoms with Crippen molar-refractivity contribution < 1.29 is 19.7 Å². The average molecular weight is 296 g/mol. The molecule has 0 saturated heterocycles. The van der Waals surface area contributed by atoms with Crippen molar-refractivity contribution in [1.82, 2.24) is 0 Å². The molecular formula is C17H28O4. The maximum Gasteiger partial charge on any atom is 0.164 e. The van der Waals surface area contributed by atoms with E-state index in [4.69, 9.17) is 9.47 Å². The molecule has 0 radical (unpaired) electrons. The van der Waals surface area contributed by atoms with E-state index in [0.29, 0.717) is 11.5 Å². The van der Waals surface area contributed by atoms with Gasteiger partial charge in [0.05, 0.1) is 19.3 Å². The number of hydrogen-bond donors (Lipinski definition) is 2. The zero-order valence-corrected chi connectivity index (χ0v) is 13.9. The number of aryl methyl sites for hydroxylation is 1. The molecule has 0 amide bonds. The van der Waals surface area contributed by atoms with E-state index in [1.807, 2.05) is 40.7 Å². The highest BCUT2D eigenvalue weighted by Crippen LogP contribution is 2.37. The number of hydrogen-bond acceptors (Lipinski definition) is 4. The summed E-state index contributed by atoms with van der Waals surface area (Å²) in [6, 6.07) is 3.69. The molecule has 0 aliphatic rings. The van der Waals surface area contributed by atoms with Gasteiger partial charge in [0.2, 0.25) is 0 Å². The number of rotatable bonds is 7. The third-order valence-corrected chi connectivity index (χ3v) is 3.65. The van der Waals surface area contributed by atoms with Crippen LogP contribution in [0, 0.1) is 18.8 Å². The molecule has 0 heterocycles. The lowest BCUT2D eigenvalue weighted by Gasteiger charge is -2.26. The van der Waals surface area contributed by atoms with Gasteiger partial charge in [0.1, 0.15) is 0 Å². The fourth-order valence-corrected chi connectivity index (χ4v) is 2.40. The summed E-state index contributed by atoms with van der Waals surface area (Å²) in [7, 11) is 1.59. The molecule has 0 aromatic heterocycles. The Morgan fingerprint density at radius 1 is 1.14 bits per heavy atom. The van der Waals surface area contributed by atoms with Crippen LogP contribution in [0.25, 0.3) is 0 Å². The summed E-state index contributed by atoms with van der Waals surface area (Å²) in [6.07, 6.45) is -0.676. The van der Waals surface area contributed by atoms with Gasteiger partial charge >= 0.3 is 0 Å². The summed E-state index contributed by atoms with van der Waals surface area (Å²) in [4.78, 5) is 0. The quantitative estimate of drug-likeness (QED) is 0.812. The van der Waals surface area contributed by atoms with Crippen LogP contribution in [0.5, 0.6) is 11.5 Å². The normalized spacial score (nSPS) is 14.4. The maximum absolute atomic E-state index is 10.5. The van der Waals surface area contributed by atoms with Gasteiger partial charge in [0.15, 0.2) is 11.5 Å². The maximum atomic E-state index is 10.5. The minimum Gasteiger partial charge on any atom is -0.493 e. The molecule has 2 atom stereocenters. The molecule has 0 saturated carbocycles. The van der Waals surface area contributed by atoms with Crippen LogP contribution in [0.1, 0.15) is 44.9 Å². The lowest BCUT2D eigenvalue weighted by Crippen LogP contribution is -2.22. The molecule has 4 nitrogen and oxygen atoms in total. The Bertz CT molecular complexity index is 454. The molecule has 0 aliphatic carbocycles. The fourth-order valence-electron chi connectivity index (χ4n) is 2.40. The van der Waals surface area contributed by atoms with Crippen LogP contribution in [0.15, 0.2) is 12.1 Å². The van der Waals surface area contributed by atoms with Crippen molar-refractivity contribution in [2.75, 3.05) is 13.7 Å². The Balaban J connectivity index is 3.18. The average Bonchev–Trinajstić information content (AvgIpc) is 2.40. The molecule has 0 spiro atoms. The summed E-state index contributed by atoms with van der Waals surface area (Å²) in [6.45, 7) is 9.78. The Hall–Kier alpha value is -1.26. The van der Waals surface area contributed by atoms with E-state index in [-0.39, 0.29) is 24.5 Å². The van der Waals surface area contributed by atoms with Crippen molar-refractivity contribution in [3.63, 3.8) is 0 Å². The van der Waals surface area contributed by atoms with Gasteiger partial charge in [-0.15, -0.1) is 0 Å². The molecule has 21 heavy (non-hydrogen) atoms. The highest BCUT2D eigenvalue weighted by Gasteiger charge is 2.25.